The first kappa shape index (κ1) is 16.2. The quantitative estimate of drug-likeness (QED) is 0.684. The van der Waals surface area contributed by atoms with Crippen LogP contribution in [0.15, 0.2) is 12.1 Å². The molecule has 20 heavy (non-hydrogen) atoms. The average molecular weight is 320 g/mol. The topological polar surface area (TPSA) is 50.7 Å². The molecule has 0 aliphatic carbocycles. The highest BCUT2D eigenvalue weighted by atomic mass is 35.5. The van der Waals surface area contributed by atoms with Crippen molar-refractivity contribution in [3.63, 3.8) is 0 Å². The van der Waals surface area contributed by atoms with Crippen LogP contribution >= 0.6 is 22.9 Å². The Balaban J connectivity index is 1.46. The molecule has 4 nitrogen and oxygen atoms in total. The zero-order valence-electron chi connectivity index (χ0n) is 11.5. The van der Waals surface area contributed by atoms with Crippen molar-refractivity contribution in [2.24, 2.45) is 0 Å². The maximum Gasteiger partial charge on any atom is 0.0931 e. The maximum atomic E-state index is 9.78. The van der Waals surface area contributed by atoms with E-state index < -0.39 is 6.10 Å². The molecule has 0 radical (unpaired) electrons. The van der Waals surface area contributed by atoms with Crippen LogP contribution in [0, 0.1) is 0 Å². The van der Waals surface area contributed by atoms with Crippen molar-refractivity contribution in [1.29, 1.82) is 0 Å². The molecule has 2 unspecified atom stereocenters. The number of hydrogen-bond acceptors (Lipinski definition) is 5. The molecule has 0 amide bonds. The van der Waals surface area contributed by atoms with Crippen molar-refractivity contribution in [3.05, 3.63) is 21.3 Å². The van der Waals surface area contributed by atoms with Crippen molar-refractivity contribution < 1.29 is 14.6 Å². The highest BCUT2D eigenvalue weighted by Crippen LogP contribution is 2.21. The summed E-state index contributed by atoms with van der Waals surface area (Å²) >= 11 is 7.46. The van der Waals surface area contributed by atoms with Gasteiger partial charge in [0.05, 0.1) is 29.8 Å². The Morgan fingerprint density at radius 1 is 1.55 bits per heavy atom. The van der Waals surface area contributed by atoms with Crippen LogP contribution in [-0.4, -0.2) is 50.2 Å². The van der Waals surface area contributed by atoms with E-state index in [0.717, 1.165) is 36.8 Å². The Bertz CT molecular complexity index is 382. The monoisotopic (exact) mass is 319 g/mol. The van der Waals surface area contributed by atoms with E-state index in [4.69, 9.17) is 21.1 Å². The van der Waals surface area contributed by atoms with Gasteiger partial charge in [-0.15, -0.1) is 11.3 Å². The average Bonchev–Trinajstić information content (AvgIpc) is 3.06. The zero-order chi connectivity index (χ0) is 14.2. The standard InChI is InChI=1S/C14H22ClNO3S/c15-14-4-3-13(20-14)5-6-16-8-11(17)9-18-10-12-2-1-7-19-12/h3-4,11-12,16-17H,1-2,5-10H2. The van der Waals surface area contributed by atoms with Crippen LogP contribution in [-0.2, 0) is 15.9 Å². The molecule has 1 saturated heterocycles. The number of aliphatic hydroxyl groups excluding tert-OH is 1. The van der Waals surface area contributed by atoms with Gasteiger partial charge in [0.15, 0.2) is 0 Å². The zero-order valence-corrected chi connectivity index (χ0v) is 13.1. The molecule has 6 heteroatoms. The molecule has 2 N–H and O–H groups in total. The minimum atomic E-state index is -0.469. The molecule has 1 aromatic rings. The van der Waals surface area contributed by atoms with E-state index in [9.17, 15) is 5.11 Å². The Hall–Kier alpha value is -0.170. The molecule has 2 rings (SSSR count). The van der Waals surface area contributed by atoms with Crippen LogP contribution < -0.4 is 5.32 Å². The molecule has 1 aromatic heterocycles. The van der Waals surface area contributed by atoms with Gasteiger partial charge in [0.2, 0.25) is 0 Å². The first-order valence-corrected chi connectivity index (χ1v) is 8.26. The second-order valence-electron chi connectivity index (χ2n) is 4.99. The highest BCUT2D eigenvalue weighted by molar-refractivity contribution is 7.16. The first-order valence-electron chi connectivity index (χ1n) is 7.06. The van der Waals surface area contributed by atoms with Crippen LogP contribution in [0.4, 0.5) is 0 Å². The summed E-state index contributed by atoms with van der Waals surface area (Å²) in [5, 5.41) is 13.0. The predicted molar refractivity (Wildman–Crippen MR) is 81.7 cm³/mol. The van der Waals surface area contributed by atoms with Gasteiger partial charge in [0, 0.05) is 24.6 Å². The summed E-state index contributed by atoms with van der Waals surface area (Å²) in [5.41, 5.74) is 0. The van der Waals surface area contributed by atoms with Gasteiger partial charge in [0.25, 0.3) is 0 Å². The lowest BCUT2D eigenvalue weighted by Gasteiger charge is -2.14. The van der Waals surface area contributed by atoms with E-state index in [1.165, 1.54) is 4.88 Å². The molecule has 1 fully saturated rings. The number of rotatable bonds is 9. The molecule has 114 valence electrons. The summed E-state index contributed by atoms with van der Waals surface area (Å²) in [6.45, 7) is 3.16. The Morgan fingerprint density at radius 2 is 2.45 bits per heavy atom. The third-order valence-corrected chi connectivity index (χ3v) is 4.49. The minimum absolute atomic E-state index is 0.221. The van der Waals surface area contributed by atoms with Crippen molar-refractivity contribution in [2.45, 2.75) is 31.5 Å². The van der Waals surface area contributed by atoms with Gasteiger partial charge in [-0.25, -0.2) is 0 Å². The number of hydrogen-bond donors (Lipinski definition) is 2. The smallest absolute Gasteiger partial charge is 0.0931 e. The third-order valence-electron chi connectivity index (χ3n) is 3.19. The minimum Gasteiger partial charge on any atom is -0.389 e. The van der Waals surface area contributed by atoms with Crippen molar-refractivity contribution in [3.8, 4) is 0 Å². The summed E-state index contributed by atoms with van der Waals surface area (Å²) in [6, 6.07) is 3.95. The second kappa shape index (κ2) is 8.97. The Labute approximate surface area is 129 Å². The lowest BCUT2D eigenvalue weighted by molar-refractivity contribution is -0.0163. The summed E-state index contributed by atoms with van der Waals surface area (Å²) < 4.78 is 11.7. The summed E-state index contributed by atoms with van der Waals surface area (Å²) in [6.07, 6.45) is 2.87. The molecule has 0 bridgehead atoms. The van der Waals surface area contributed by atoms with Crippen LogP contribution in [0.3, 0.4) is 0 Å². The van der Waals surface area contributed by atoms with E-state index in [2.05, 4.69) is 5.32 Å². The molecular weight excluding hydrogens is 298 g/mol. The summed E-state index contributed by atoms with van der Waals surface area (Å²) in [7, 11) is 0. The van der Waals surface area contributed by atoms with Crippen LogP contribution in [0.5, 0.6) is 0 Å². The van der Waals surface area contributed by atoms with Gasteiger partial charge in [0.1, 0.15) is 0 Å². The fourth-order valence-electron chi connectivity index (χ4n) is 2.14. The predicted octanol–water partition coefficient (Wildman–Crippen LogP) is 2.09. The molecule has 0 saturated carbocycles. The van der Waals surface area contributed by atoms with Crippen LogP contribution in [0.25, 0.3) is 0 Å². The SMILES string of the molecule is OC(CNCCc1ccc(Cl)s1)COCC1CCCO1. The van der Waals surface area contributed by atoms with Crippen molar-refractivity contribution in [2.75, 3.05) is 32.9 Å². The lowest BCUT2D eigenvalue weighted by Crippen LogP contribution is -2.32. The number of nitrogens with one attached hydrogen (secondary N) is 1. The maximum absolute atomic E-state index is 9.78. The van der Waals surface area contributed by atoms with Crippen molar-refractivity contribution >= 4 is 22.9 Å². The fourth-order valence-corrected chi connectivity index (χ4v) is 3.22. The van der Waals surface area contributed by atoms with Crippen molar-refractivity contribution in [1.82, 2.24) is 5.32 Å². The van der Waals surface area contributed by atoms with Gasteiger partial charge >= 0.3 is 0 Å². The van der Waals surface area contributed by atoms with Crippen LogP contribution in [0.2, 0.25) is 4.34 Å². The molecule has 1 aliphatic heterocycles. The third kappa shape index (κ3) is 6.08. The Morgan fingerprint density at radius 3 is 3.15 bits per heavy atom. The highest BCUT2D eigenvalue weighted by Gasteiger charge is 2.15. The van der Waals surface area contributed by atoms with Gasteiger partial charge < -0.3 is 19.9 Å². The van der Waals surface area contributed by atoms with E-state index in [-0.39, 0.29) is 6.10 Å². The fraction of sp³-hybridized carbons (Fsp3) is 0.714. The molecule has 2 heterocycles. The molecule has 0 spiro atoms. The molecular formula is C14H22ClNO3S. The number of ether oxygens (including phenoxy) is 2. The normalized spacial score (nSPS) is 20.4. The molecule has 0 aromatic carbocycles. The van der Waals surface area contributed by atoms with E-state index in [1.807, 2.05) is 12.1 Å². The van der Waals surface area contributed by atoms with Gasteiger partial charge in [-0.2, -0.15) is 0 Å². The number of halogens is 1. The number of aliphatic hydroxyl groups is 1. The van der Waals surface area contributed by atoms with Gasteiger partial charge in [-0.05, 0) is 31.4 Å². The lowest BCUT2D eigenvalue weighted by atomic mass is 10.2. The van der Waals surface area contributed by atoms with E-state index >= 15 is 0 Å². The van der Waals surface area contributed by atoms with Gasteiger partial charge in [-0.1, -0.05) is 11.6 Å². The largest absolute Gasteiger partial charge is 0.389 e. The molecule has 2 atom stereocenters. The van der Waals surface area contributed by atoms with Gasteiger partial charge in [-0.3, -0.25) is 0 Å². The molecule has 1 aliphatic rings. The van der Waals surface area contributed by atoms with E-state index in [1.54, 1.807) is 11.3 Å². The summed E-state index contributed by atoms with van der Waals surface area (Å²) in [5.74, 6) is 0. The number of thiophene rings is 1. The Kier molecular flexibility index (Phi) is 7.27. The van der Waals surface area contributed by atoms with E-state index in [0.29, 0.717) is 19.8 Å². The first-order chi connectivity index (χ1) is 9.74. The van der Waals surface area contributed by atoms with Crippen LogP contribution in [0.1, 0.15) is 17.7 Å². The summed E-state index contributed by atoms with van der Waals surface area (Å²) in [4.78, 5) is 1.26. The second-order valence-corrected chi connectivity index (χ2v) is 6.79.